The molecule has 1 aliphatic rings. The van der Waals surface area contributed by atoms with Crippen molar-refractivity contribution < 1.29 is 0 Å². The number of imidazole rings is 1. The van der Waals surface area contributed by atoms with E-state index in [1.807, 2.05) is 0 Å². The number of piperidine rings is 1. The van der Waals surface area contributed by atoms with E-state index in [9.17, 15) is 0 Å². The van der Waals surface area contributed by atoms with Crippen molar-refractivity contribution in [3.8, 4) is 0 Å². The normalized spacial score (nSPS) is 17.7. The second kappa shape index (κ2) is 6.34. The summed E-state index contributed by atoms with van der Waals surface area (Å²) in [5.74, 6) is 1.13. The van der Waals surface area contributed by atoms with Gasteiger partial charge < -0.3 is 15.5 Å². The monoisotopic (exact) mass is 307 g/mol. The summed E-state index contributed by atoms with van der Waals surface area (Å²) in [5, 5.41) is 2.09. The first kappa shape index (κ1) is 14.8. The molecule has 5 nitrogen and oxygen atoms in total. The fourth-order valence-corrected chi connectivity index (χ4v) is 4.00. The van der Waals surface area contributed by atoms with Crippen LogP contribution in [0.4, 0.5) is 5.82 Å². The Morgan fingerprint density at radius 2 is 2.19 bits per heavy atom. The lowest BCUT2D eigenvalue weighted by Gasteiger charge is -2.36. The van der Waals surface area contributed by atoms with Gasteiger partial charge in [-0.3, -0.25) is 4.40 Å². The van der Waals surface area contributed by atoms with E-state index in [0.717, 1.165) is 23.7 Å². The molecule has 6 heteroatoms. The number of nitrogens with zero attached hydrogens (tertiary/aromatic N) is 4. The van der Waals surface area contributed by atoms with Crippen LogP contribution in [0.2, 0.25) is 0 Å². The standard InChI is InChI=1S/C15H25N5S/c1-3-19-8-5-12(6-9-19)18(2)14-13(4-7-16)20-10-11-21-15(20)17-14/h10-12H,3-9,16H2,1-2H3. The molecule has 2 aromatic rings. The molecule has 1 fully saturated rings. The highest BCUT2D eigenvalue weighted by Crippen LogP contribution is 2.28. The van der Waals surface area contributed by atoms with Crippen molar-refractivity contribution in [1.82, 2.24) is 14.3 Å². The van der Waals surface area contributed by atoms with Gasteiger partial charge in [-0.05, 0) is 25.9 Å². The molecule has 0 aliphatic carbocycles. The van der Waals surface area contributed by atoms with Crippen LogP contribution < -0.4 is 10.6 Å². The van der Waals surface area contributed by atoms with Crippen LogP contribution in [0.3, 0.4) is 0 Å². The van der Waals surface area contributed by atoms with Gasteiger partial charge in [0.05, 0.1) is 5.69 Å². The molecule has 0 atom stereocenters. The second-order valence-electron chi connectivity index (χ2n) is 5.75. The predicted octanol–water partition coefficient (Wildman–Crippen LogP) is 1.82. The smallest absolute Gasteiger partial charge is 0.195 e. The lowest BCUT2D eigenvalue weighted by Crippen LogP contribution is -2.43. The number of thiazole rings is 1. The van der Waals surface area contributed by atoms with Crippen molar-refractivity contribution in [2.75, 3.05) is 38.1 Å². The van der Waals surface area contributed by atoms with Gasteiger partial charge in [0.1, 0.15) is 0 Å². The van der Waals surface area contributed by atoms with E-state index in [1.165, 1.54) is 31.6 Å². The molecule has 0 radical (unpaired) electrons. The van der Waals surface area contributed by atoms with Gasteiger partial charge in [-0.25, -0.2) is 4.98 Å². The van der Waals surface area contributed by atoms with Crippen LogP contribution in [-0.4, -0.2) is 53.6 Å². The molecule has 1 saturated heterocycles. The Bertz CT molecular complexity index is 582. The average molecular weight is 307 g/mol. The summed E-state index contributed by atoms with van der Waals surface area (Å²) in [5.41, 5.74) is 7.06. The van der Waals surface area contributed by atoms with Crippen LogP contribution in [0.1, 0.15) is 25.5 Å². The van der Waals surface area contributed by atoms with E-state index in [0.29, 0.717) is 12.6 Å². The number of likely N-dealkylation sites (tertiary alicyclic amines) is 1. The Labute approximate surface area is 130 Å². The summed E-state index contributed by atoms with van der Waals surface area (Å²) in [6.07, 6.45) is 5.43. The van der Waals surface area contributed by atoms with Gasteiger partial charge in [0.25, 0.3) is 0 Å². The van der Waals surface area contributed by atoms with Crippen LogP contribution in [0, 0.1) is 0 Å². The topological polar surface area (TPSA) is 49.8 Å². The Morgan fingerprint density at radius 1 is 1.43 bits per heavy atom. The van der Waals surface area contributed by atoms with Crippen molar-refractivity contribution in [3.63, 3.8) is 0 Å². The van der Waals surface area contributed by atoms with Crippen molar-refractivity contribution in [2.24, 2.45) is 5.73 Å². The summed E-state index contributed by atoms with van der Waals surface area (Å²) in [6, 6.07) is 0.592. The van der Waals surface area contributed by atoms with Gasteiger partial charge in [0.2, 0.25) is 0 Å². The number of fused-ring (bicyclic) bond motifs is 1. The van der Waals surface area contributed by atoms with E-state index in [2.05, 4.69) is 39.7 Å². The van der Waals surface area contributed by atoms with Gasteiger partial charge in [-0.15, -0.1) is 11.3 Å². The predicted molar refractivity (Wildman–Crippen MR) is 89.4 cm³/mol. The zero-order valence-corrected chi connectivity index (χ0v) is 13.8. The van der Waals surface area contributed by atoms with E-state index in [-0.39, 0.29) is 0 Å². The minimum absolute atomic E-state index is 0.592. The lowest BCUT2D eigenvalue weighted by molar-refractivity contribution is 0.220. The molecule has 0 unspecified atom stereocenters. The van der Waals surface area contributed by atoms with E-state index >= 15 is 0 Å². The molecule has 0 spiro atoms. The molecule has 3 rings (SSSR count). The molecule has 0 saturated carbocycles. The Hall–Kier alpha value is -1.11. The van der Waals surface area contributed by atoms with Gasteiger partial charge >= 0.3 is 0 Å². The summed E-state index contributed by atoms with van der Waals surface area (Å²) >= 11 is 1.69. The number of nitrogens with two attached hydrogens (primary N) is 1. The zero-order chi connectivity index (χ0) is 14.8. The van der Waals surface area contributed by atoms with Crippen LogP contribution in [-0.2, 0) is 6.42 Å². The second-order valence-corrected chi connectivity index (χ2v) is 6.63. The third-order valence-corrected chi connectivity index (χ3v) is 5.36. The van der Waals surface area contributed by atoms with Gasteiger partial charge in [0.15, 0.2) is 10.8 Å². The molecule has 1 aliphatic heterocycles. The summed E-state index contributed by atoms with van der Waals surface area (Å²) in [4.78, 5) is 10.8. The summed E-state index contributed by atoms with van der Waals surface area (Å²) < 4.78 is 2.20. The molecule has 116 valence electrons. The lowest BCUT2D eigenvalue weighted by atomic mass is 10.0. The fraction of sp³-hybridized carbons (Fsp3) is 0.667. The van der Waals surface area contributed by atoms with Gasteiger partial charge in [-0.1, -0.05) is 6.92 Å². The third kappa shape index (κ3) is 2.80. The summed E-state index contributed by atoms with van der Waals surface area (Å²) in [6.45, 7) is 6.46. The Kier molecular flexibility index (Phi) is 4.47. The van der Waals surface area contributed by atoms with E-state index < -0.39 is 0 Å². The summed E-state index contributed by atoms with van der Waals surface area (Å²) in [7, 11) is 2.19. The maximum absolute atomic E-state index is 5.80. The molecule has 3 heterocycles. The van der Waals surface area contributed by atoms with E-state index in [4.69, 9.17) is 10.7 Å². The van der Waals surface area contributed by atoms with Gasteiger partial charge in [-0.2, -0.15) is 0 Å². The highest BCUT2D eigenvalue weighted by Gasteiger charge is 2.25. The van der Waals surface area contributed by atoms with Crippen LogP contribution >= 0.6 is 11.3 Å². The number of hydrogen-bond donors (Lipinski definition) is 1. The van der Waals surface area contributed by atoms with Crippen molar-refractivity contribution in [1.29, 1.82) is 0 Å². The first-order valence-corrected chi connectivity index (χ1v) is 8.72. The van der Waals surface area contributed by atoms with Crippen LogP contribution in [0.5, 0.6) is 0 Å². The Balaban J connectivity index is 1.82. The SMILES string of the molecule is CCN1CCC(N(C)c2nc3sccn3c2CCN)CC1. The molecular formula is C15H25N5S. The molecule has 21 heavy (non-hydrogen) atoms. The molecule has 2 N–H and O–H groups in total. The van der Waals surface area contributed by atoms with Gasteiger partial charge in [0, 0.05) is 44.2 Å². The largest absolute Gasteiger partial charge is 0.355 e. The number of rotatable bonds is 5. The minimum atomic E-state index is 0.592. The molecule has 0 aromatic carbocycles. The molecule has 0 bridgehead atoms. The Morgan fingerprint density at radius 3 is 2.86 bits per heavy atom. The van der Waals surface area contributed by atoms with E-state index in [1.54, 1.807) is 11.3 Å². The quantitative estimate of drug-likeness (QED) is 0.915. The van der Waals surface area contributed by atoms with Crippen molar-refractivity contribution in [3.05, 3.63) is 17.3 Å². The average Bonchev–Trinajstić information content (AvgIpc) is 3.09. The van der Waals surface area contributed by atoms with Crippen LogP contribution in [0.25, 0.3) is 4.96 Å². The molecular weight excluding hydrogens is 282 g/mol. The maximum atomic E-state index is 5.80. The van der Waals surface area contributed by atoms with Crippen molar-refractivity contribution in [2.45, 2.75) is 32.2 Å². The van der Waals surface area contributed by atoms with Crippen molar-refractivity contribution >= 4 is 22.1 Å². The highest BCUT2D eigenvalue weighted by molar-refractivity contribution is 7.15. The fourth-order valence-electron chi connectivity index (χ4n) is 3.27. The third-order valence-electron chi connectivity index (χ3n) is 4.61. The van der Waals surface area contributed by atoms with Crippen LogP contribution in [0.15, 0.2) is 11.6 Å². The maximum Gasteiger partial charge on any atom is 0.195 e. The first-order chi connectivity index (χ1) is 10.2. The first-order valence-electron chi connectivity index (χ1n) is 7.84. The molecule has 2 aromatic heterocycles. The molecule has 0 amide bonds. The number of anilines is 1. The zero-order valence-electron chi connectivity index (χ0n) is 13.0. The highest BCUT2D eigenvalue weighted by atomic mass is 32.1. The number of hydrogen-bond acceptors (Lipinski definition) is 5. The minimum Gasteiger partial charge on any atom is -0.355 e. The number of aromatic nitrogens is 2.